The first kappa shape index (κ1) is 10.5. The van der Waals surface area contributed by atoms with Crippen LogP contribution in [0.25, 0.3) is 0 Å². The smallest absolute Gasteiger partial charge is 0.323 e. The summed E-state index contributed by atoms with van der Waals surface area (Å²) in [4.78, 5) is 11.5. The lowest BCUT2D eigenvalue weighted by molar-refractivity contribution is 0.339. The van der Waals surface area contributed by atoms with Crippen LogP contribution in [0.3, 0.4) is 0 Å². The molecule has 0 amide bonds. The zero-order valence-electron chi connectivity index (χ0n) is 7.62. The van der Waals surface area contributed by atoms with Gasteiger partial charge in [0.05, 0.1) is 0 Å². The van der Waals surface area contributed by atoms with E-state index in [1.54, 1.807) is 0 Å². The topological polar surface area (TPSA) is 59.9 Å². The summed E-state index contributed by atoms with van der Waals surface area (Å²) in [5.41, 5.74) is 0. The fourth-order valence-electron chi connectivity index (χ4n) is 0.740. The molecule has 1 N–H and O–H groups in total. The van der Waals surface area contributed by atoms with E-state index in [2.05, 4.69) is 26.2 Å². The van der Waals surface area contributed by atoms with E-state index in [9.17, 15) is 0 Å². The summed E-state index contributed by atoms with van der Waals surface area (Å²) >= 11 is 5.63. The third kappa shape index (κ3) is 3.07. The molecule has 0 saturated heterocycles. The molecule has 0 bridgehead atoms. The van der Waals surface area contributed by atoms with E-state index in [0.29, 0.717) is 12.5 Å². The average Bonchev–Trinajstić information content (AvgIpc) is 2.14. The zero-order valence-corrected chi connectivity index (χ0v) is 8.38. The van der Waals surface area contributed by atoms with Gasteiger partial charge in [-0.2, -0.15) is 15.0 Å². The fourth-order valence-corrected chi connectivity index (χ4v) is 0.892. The zero-order chi connectivity index (χ0) is 10.4. The Hall–Kier alpha value is -1.54. The Labute approximate surface area is 86.9 Å². The van der Waals surface area contributed by atoms with Crippen molar-refractivity contribution in [2.45, 2.75) is 6.92 Å². The maximum atomic E-state index is 5.63. The first-order valence-electron chi connectivity index (χ1n) is 3.98. The van der Waals surface area contributed by atoms with Crippen molar-refractivity contribution in [1.29, 1.82) is 0 Å². The summed E-state index contributed by atoms with van der Waals surface area (Å²) in [5.74, 6) is 2.68. The van der Waals surface area contributed by atoms with Gasteiger partial charge in [0.1, 0.15) is 0 Å². The molecule has 0 aliphatic heterocycles. The Kier molecular flexibility index (Phi) is 3.95. The van der Waals surface area contributed by atoms with Crippen LogP contribution >= 0.6 is 11.6 Å². The highest BCUT2D eigenvalue weighted by atomic mass is 35.5. The molecule has 0 atom stereocenters. The second-order valence-corrected chi connectivity index (χ2v) is 2.57. The molecular formula is C8H9ClN4O. The van der Waals surface area contributed by atoms with Crippen molar-refractivity contribution in [2.75, 3.05) is 18.5 Å². The summed E-state index contributed by atoms with van der Waals surface area (Å²) < 4.78 is 5.00. The monoisotopic (exact) mass is 212 g/mol. The molecule has 6 heteroatoms. The maximum absolute atomic E-state index is 5.63. The van der Waals surface area contributed by atoms with Gasteiger partial charge in [-0.15, -0.1) is 6.42 Å². The Morgan fingerprint density at radius 3 is 2.93 bits per heavy atom. The molecule has 0 saturated carbocycles. The van der Waals surface area contributed by atoms with E-state index in [-0.39, 0.29) is 17.9 Å². The van der Waals surface area contributed by atoms with E-state index < -0.39 is 0 Å². The average molecular weight is 213 g/mol. The number of anilines is 1. The third-order valence-electron chi connectivity index (χ3n) is 1.21. The lowest BCUT2D eigenvalue weighted by Crippen LogP contribution is -2.06. The second-order valence-electron chi connectivity index (χ2n) is 2.23. The Morgan fingerprint density at radius 2 is 2.29 bits per heavy atom. The standard InChI is InChI=1S/C8H9ClN4O/c1-3-5-14-8-12-6(9)11-7(13-8)10-4-2/h1H,4-5H2,2H3,(H,10,11,12,13). The van der Waals surface area contributed by atoms with Crippen LogP contribution in [0.4, 0.5) is 5.95 Å². The molecule has 0 fully saturated rings. The first-order valence-corrected chi connectivity index (χ1v) is 4.35. The predicted octanol–water partition coefficient (Wildman–Crippen LogP) is 0.969. The Bertz CT molecular complexity index is 350. The SMILES string of the molecule is C#CCOc1nc(Cl)nc(NCC)n1. The van der Waals surface area contributed by atoms with Gasteiger partial charge in [0.15, 0.2) is 6.61 Å². The predicted molar refractivity (Wildman–Crippen MR) is 53.3 cm³/mol. The fraction of sp³-hybridized carbons (Fsp3) is 0.375. The van der Waals surface area contributed by atoms with Gasteiger partial charge in [0.25, 0.3) is 0 Å². The van der Waals surface area contributed by atoms with Crippen LogP contribution in [0.5, 0.6) is 6.01 Å². The van der Waals surface area contributed by atoms with Crippen LogP contribution in [0, 0.1) is 12.3 Å². The molecule has 0 unspecified atom stereocenters. The largest absolute Gasteiger partial charge is 0.450 e. The van der Waals surface area contributed by atoms with Crippen LogP contribution in [-0.2, 0) is 0 Å². The quantitative estimate of drug-likeness (QED) is 0.754. The van der Waals surface area contributed by atoms with Crippen LogP contribution in [0.1, 0.15) is 6.92 Å². The Balaban J connectivity index is 2.79. The van der Waals surface area contributed by atoms with Gasteiger partial charge in [-0.25, -0.2) is 0 Å². The van der Waals surface area contributed by atoms with Crippen molar-refractivity contribution in [3.63, 3.8) is 0 Å². The lowest BCUT2D eigenvalue weighted by atomic mass is 10.7. The highest BCUT2D eigenvalue weighted by Crippen LogP contribution is 2.10. The van der Waals surface area contributed by atoms with E-state index in [1.807, 2.05) is 6.92 Å². The van der Waals surface area contributed by atoms with Crippen LogP contribution in [-0.4, -0.2) is 28.1 Å². The van der Waals surface area contributed by atoms with Crippen LogP contribution in [0.2, 0.25) is 5.28 Å². The summed E-state index contributed by atoms with van der Waals surface area (Å²) in [6.45, 7) is 2.71. The van der Waals surface area contributed by atoms with Crippen molar-refractivity contribution in [3.8, 4) is 18.4 Å². The molecule has 0 aliphatic carbocycles. The number of nitrogens with one attached hydrogen (secondary N) is 1. The molecule has 14 heavy (non-hydrogen) atoms. The summed E-state index contributed by atoms with van der Waals surface area (Å²) in [5, 5.41) is 2.96. The van der Waals surface area contributed by atoms with Gasteiger partial charge in [0.2, 0.25) is 11.2 Å². The molecule has 1 rings (SSSR count). The molecule has 1 heterocycles. The van der Waals surface area contributed by atoms with Gasteiger partial charge in [-0.3, -0.25) is 0 Å². The van der Waals surface area contributed by atoms with Gasteiger partial charge >= 0.3 is 6.01 Å². The summed E-state index contributed by atoms with van der Waals surface area (Å²) in [6.07, 6.45) is 5.02. The third-order valence-corrected chi connectivity index (χ3v) is 1.38. The number of nitrogens with zero attached hydrogens (tertiary/aromatic N) is 3. The van der Waals surface area contributed by atoms with Crippen molar-refractivity contribution in [2.24, 2.45) is 0 Å². The molecule has 0 radical (unpaired) electrons. The summed E-state index contributed by atoms with van der Waals surface area (Å²) in [6, 6.07) is 0.124. The van der Waals surface area contributed by atoms with Crippen molar-refractivity contribution >= 4 is 17.5 Å². The molecule has 5 nitrogen and oxygen atoms in total. The Morgan fingerprint density at radius 1 is 1.50 bits per heavy atom. The van der Waals surface area contributed by atoms with Crippen molar-refractivity contribution in [1.82, 2.24) is 15.0 Å². The van der Waals surface area contributed by atoms with E-state index in [0.717, 1.165) is 0 Å². The second kappa shape index (κ2) is 5.25. The number of halogens is 1. The number of terminal acetylenes is 1. The molecule has 0 aromatic carbocycles. The molecule has 74 valence electrons. The molecular weight excluding hydrogens is 204 g/mol. The van der Waals surface area contributed by atoms with Crippen LogP contribution in [0.15, 0.2) is 0 Å². The number of hydrogen-bond donors (Lipinski definition) is 1. The van der Waals surface area contributed by atoms with Crippen molar-refractivity contribution in [3.05, 3.63) is 5.28 Å². The lowest BCUT2D eigenvalue weighted by Gasteiger charge is -2.03. The van der Waals surface area contributed by atoms with E-state index in [4.69, 9.17) is 22.8 Å². The summed E-state index contributed by atoms with van der Waals surface area (Å²) in [7, 11) is 0. The van der Waals surface area contributed by atoms with Gasteiger partial charge in [0, 0.05) is 6.54 Å². The molecule has 1 aromatic heterocycles. The van der Waals surface area contributed by atoms with E-state index in [1.165, 1.54) is 0 Å². The number of aromatic nitrogens is 3. The number of ether oxygens (including phenoxy) is 1. The van der Waals surface area contributed by atoms with Crippen LogP contribution < -0.4 is 10.1 Å². The minimum Gasteiger partial charge on any atom is -0.450 e. The highest BCUT2D eigenvalue weighted by molar-refractivity contribution is 6.28. The molecule has 1 aromatic rings. The first-order chi connectivity index (χ1) is 6.76. The molecule has 0 aliphatic rings. The molecule has 0 spiro atoms. The normalized spacial score (nSPS) is 9.21. The highest BCUT2D eigenvalue weighted by Gasteiger charge is 2.04. The minimum atomic E-state index is 0.0722. The number of hydrogen-bond acceptors (Lipinski definition) is 5. The van der Waals surface area contributed by atoms with Crippen molar-refractivity contribution < 1.29 is 4.74 Å². The van der Waals surface area contributed by atoms with Gasteiger partial charge in [-0.05, 0) is 18.5 Å². The maximum Gasteiger partial charge on any atom is 0.323 e. The minimum absolute atomic E-state index is 0.0722. The van der Waals surface area contributed by atoms with Gasteiger partial charge < -0.3 is 10.1 Å². The van der Waals surface area contributed by atoms with Gasteiger partial charge in [-0.1, -0.05) is 5.92 Å². The number of rotatable bonds is 4. The van der Waals surface area contributed by atoms with E-state index >= 15 is 0 Å².